The lowest BCUT2D eigenvalue weighted by molar-refractivity contribution is 0.208. The van der Waals surface area contributed by atoms with E-state index in [0.29, 0.717) is 0 Å². The van der Waals surface area contributed by atoms with Crippen LogP contribution in [0.5, 0.6) is 0 Å². The molecule has 2 heterocycles. The van der Waals surface area contributed by atoms with E-state index in [2.05, 4.69) is 22.3 Å². The molecule has 0 bridgehead atoms. The smallest absolute Gasteiger partial charge is 0.0409 e. The van der Waals surface area contributed by atoms with Crippen molar-refractivity contribution in [3.63, 3.8) is 0 Å². The van der Waals surface area contributed by atoms with Gasteiger partial charge in [-0.15, -0.1) is 0 Å². The first-order chi connectivity index (χ1) is 8.31. The quantitative estimate of drug-likeness (QED) is 0.868. The Morgan fingerprint density at radius 3 is 2.76 bits per heavy atom. The fraction of sp³-hybridized carbons (Fsp3) is 0.571. The Morgan fingerprint density at radius 1 is 1.18 bits per heavy atom. The van der Waals surface area contributed by atoms with Crippen molar-refractivity contribution in [2.45, 2.75) is 25.9 Å². The lowest BCUT2D eigenvalue weighted by Crippen LogP contribution is -2.34. The van der Waals surface area contributed by atoms with E-state index in [4.69, 9.17) is 11.6 Å². The molecule has 3 rings (SSSR count). The van der Waals surface area contributed by atoms with Gasteiger partial charge in [-0.25, -0.2) is 0 Å². The fourth-order valence-corrected chi connectivity index (χ4v) is 3.19. The van der Waals surface area contributed by atoms with E-state index in [0.717, 1.165) is 24.0 Å². The zero-order valence-corrected chi connectivity index (χ0v) is 10.8. The van der Waals surface area contributed by atoms with Crippen molar-refractivity contribution in [3.05, 3.63) is 34.3 Å². The second-order valence-corrected chi connectivity index (χ2v) is 5.71. The molecular formula is C14H19ClN2. The number of piperidine rings is 1. The second kappa shape index (κ2) is 4.97. The molecule has 3 heteroatoms. The van der Waals surface area contributed by atoms with Crippen LogP contribution in [-0.2, 0) is 13.1 Å². The lowest BCUT2D eigenvalue weighted by atomic mass is 9.98. The Balaban J connectivity index is 1.61. The number of rotatable bonds is 2. The molecular weight excluding hydrogens is 232 g/mol. The Hall–Kier alpha value is -0.570. The minimum Gasteiger partial charge on any atom is -0.317 e. The van der Waals surface area contributed by atoms with Crippen molar-refractivity contribution in [2.75, 3.05) is 19.6 Å². The van der Waals surface area contributed by atoms with Crippen LogP contribution in [-0.4, -0.2) is 24.5 Å². The molecule has 0 aliphatic carbocycles. The van der Waals surface area contributed by atoms with E-state index in [1.54, 1.807) is 0 Å². The minimum absolute atomic E-state index is 0.868. The molecule has 1 aromatic rings. The zero-order valence-electron chi connectivity index (χ0n) is 10.1. The molecule has 0 amide bonds. The number of halogens is 1. The topological polar surface area (TPSA) is 15.3 Å². The Labute approximate surface area is 108 Å². The SMILES string of the molecule is Clc1ccc2c(c1)CN(CC1CCNCC1)C2. The third kappa shape index (κ3) is 2.65. The Bertz CT molecular complexity index is 399. The van der Waals surface area contributed by atoms with Crippen LogP contribution in [0.1, 0.15) is 24.0 Å². The van der Waals surface area contributed by atoms with Crippen LogP contribution in [0.2, 0.25) is 5.02 Å². The monoisotopic (exact) mass is 250 g/mol. The molecule has 1 aromatic carbocycles. The van der Waals surface area contributed by atoms with Crippen molar-refractivity contribution in [2.24, 2.45) is 5.92 Å². The number of benzene rings is 1. The van der Waals surface area contributed by atoms with Gasteiger partial charge in [-0.1, -0.05) is 17.7 Å². The van der Waals surface area contributed by atoms with Gasteiger partial charge in [0.05, 0.1) is 0 Å². The summed E-state index contributed by atoms with van der Waals surface area (Å²) < 4.78 is 0. The maximum atomic E-state index is 6.04. The molecule has 17 heavy (non-hydrogen) atoms. The molecule has 0 atom stereocenters. The zero-order chi connectivity index (χ0) is 11.7. The molecule has 2 aliphatic rings. The van der Waals surface area contributed by atoms with E-state index >= 15 is 0 Å². The molecule has 2 nitrogen and oxygen atoms in total. The van der Waals surface area contributed by atoms with Gasteiger partial charge >= 0.3 is 0 Å². The first-order valence-electron chi connectivity index (χ1n) is 6.51. The molecule has 1 saturated heterocycles. The van der Waals surface area contributed by atoms with Crippen molar-refractivity contribution in [1.82, 2.24) is 10.2 Å². The molecule has 92 valence electrons. The van der Waals surface area contributed by atoms with Crippen LogP contribution >= 0.6 is 11.6 Å². The number of fused-ring (bicyclic) bond motifs is 1. The molecule has 0 radical (unpaired) electrons. The summed E-state index contributed by atoms with van der Waals surface area (Å²) in [5.41, 5.74) is 2.88. The number of nitrogens with one attached hydrogen (secondary N) is 1. The normalized spacial score (nSPS) is 21.7. The van der Waals surface area contributed by atoms with Gasteiger partial charge in [0.25, 0.3) is 0 Å². The maximum Gasteiger partial charge on any atom is 0.0409 e. The van der Waals surface area contributed by atoms with Crippen LogP contribution in [0.25, 0.3) is 0 Å². The summed E-state index contributed by atoms with van der Waals surface area (Å²) in [7, 11) is 0. The Kier molecular flexibility index (Phi) is 3.37. The number of nitrogens with zero attached hydrogens (tertiary/aromatic N) is 1. The highest BCUT2D eigenvalue weighted by atomic mass is 35.5. The summed E-state index contributed by atoms with van der Waals surface area (Å²) >= 11 is 6.04. The number of hydrogen-bond acceptors (Lipinski definition) is 2. The van der Waals surface area contributed by atoms with Crippen LogP contribution < -0.4 is 5.32 Å². The highest BCUT2D eigenvalue weighted by Crippen LogP contribution is 2.27. The summed E-state index contributed by atoms with van der Waals surface area (Å²) in [4.78, 5) is 2.57. The van der Waals surface area contributed by atoms with Gasteiger partial charge in [-0.05, 0) is 55.1 Å². The van der Waals surface area contributed by atoms with Gasteiger partial charge in [-0.3, -0.25) is 4.90 Å². The van der Waals surface area contributed by atoms with Gasteiger partial charge < -0.3 is 5.32 Å². The van der Waals surface area contributed by atoms with Gasteiger partial charge in [0.1, 0.15) is 0 Å². The van der Waals surface area contributed by atoms with Gasteiger partial charge in [0.15, 0.2) is 0 Å². The van der Waals surface area contributed by atoms with E-state index < -0.39 is 0 Å². The Morgan fingerprint density at radius 2 is 1.94 bits per heavy atom. The molecule has 1 N–H and O–H groups in total. The van der Waals surface area contributed by atoms with Crippen molar-refractivity contribution >= 4 is 11.6 Å². The summed E-state index contributed by atoms with van der Waals surface area (Å²) in [6, 6.07) is 6.31. The highest BCUT2D eigenvalue weighted by Gasteiger charge is 2.22. The first kappa shape index (κ1) is 11.5. The predicted octanol–water partition coefficient (Wildman–Crippen LogP) is 2.66. The maximum absolute atomic E-state index is 6.04. The fourth-order valence-electron chi connectivity index (χ4n) is 2.99. The second-order valence-electron chi connectivity index (χ2n) is 5.28. The molecule has 1 fully saturated rings. The van der Waals surface area contributed by atoms with Crippen molar-refractivity contribution in [3.8, 4) is 0 Å². The largest absolute Gasteiger partial charge is 0.317 e. The molecule has 0 saturated carbocycles. The standard InChI is InChI=1S/C14H19ClN2/c15-14-2-1-12-9-17(10-13(12)7-14)8-11-3-5-16-6-4-11/h1-2,7,11,16H,3-6,8-10H2. The van der Waals surface area contributed by atoms with Crippen molar-refractivity contribution in [1.29, 1.82) is 0 Å². The lowest BCUT2D eigenvalue weighted by Gasteiger charge is -2.27. The summed E-state index contributed by atoms with van der Waals surface area (Å²) in [6.45, 7) is 5.82. The average Bonchev–Trinajstić information content (AvgIpc) is 2.71. The van der Waals surface area contributed by atoms with E-state index in [1.807, 2.05) is 6.07 Å². The van der Waals surface area contributed by atoms with Gasteiger partial charge in [0, 0.05) is 24.7 Å². The molecule has 0 spiro atoms. The summed E-state index contributed by atoms with van der Waals surface area (Å²) in [5, 5.41) is 4.30. The summed E-state index contributed by atoms with van der Waals surface area (Å²) in [6.07, 6.45) is 2.65. The van der Waals surface area contributed by atoms with E-state index in [-0.39, 0.29) is 0 Å². The minimum atomic E-state index is 0.868. The van der Waals surface area contributed by atoms with Crippen LogP contribution in [0, 0.1) is 5.92 Å². The highest BCUT2D eigenvalue weighted by molar-refractivity contribution is 6.30. The van der Waals surface area contributed by atoms with Gasteiger partial charge in [-0.2, -0.15) is 0 Å². The van der Waals surface area contributed by atoms with Crippen LogP contribution in [0.4, 0.5) is 0 Å². The van der Waals surface area contributed by atoms with E-state index in [1.165, 1.54) is 43.6 Å². The molecule has 0 aromatic heterocycles. The molecule has 0 unspecified atom stereocenters. The molecule has 2 aliphatic heterocycles. The van der Waals surface area contributed by atoms with Crippen LogP contribution in [0.3, 0.4) is 0 Å². The van der Waals surface area contributed by atoms with E-state index in [9.17, 15) is 0 Å². The third-order valence-corrected chi connectivity index (χ3v) is 4.17. The van der Waals surface area contributed by atoms with Crippen molar-refractivity contribution < 1.29 is 0 Å². The average molecular weight is 251 g/mol. The predicted molar refractivity (Wildman–Crippen MR) is 71.2 cm³/mol. The van der Waals surface area contributed by atoms with Gasteiger partial charge in [0.2, 0.25) is 0 Å². The third-order valence-electron chi connectivity index (χ3n) is 3.93. The summed E-state index contributed by atoms with van der Waals surface area (Å²) in [5.74, 6) is 0.876. The number of hydrogen-bond donors (Lipinski definition) is 1. The van der Waals surface area contributed by atoms with Crippen LogP contribution in [0.15, 0.2) is 18.2 Å². The first-order valence-corrected chi connectivity index (χ1v) is 6.89.